The number of benzene rings is 2. The summed E-state index contributed by atoms with van der Waals surface area (Å²) in [6.45, 7) is 2.14. The van der Waals surface area contributed by atoms with Crippen LogP contribution in [0.1, 0.15) is 24.1 Å². The molecule has 0 saturated carbocycles. The largest absolute Gasteiger partial charge is 0.306 e. The molecule has 2 aromatic rings. The fraction of sp³-hybridized carbons (Fsp3) is 0.200. The first-order valence-electron chi connectivity index (χ1n) is 6.10. The molecule has 2 aromatic carbocycles. The highest BCUT2D eigenvalue weighted by Crippen LogP contribution is 2.25. The van der Waals surface area contributed by atoms with Gasteiger partial charge in [-0.2, -0.15) is 0 Å². The van der Waals surface area contributed by atoms with Gasteiger partial charge in [-0.1, -0.05) is 41.4 Å². The zero-order valence-corrected chi connectivity index (χ0v) is 12.3. The van der Waals surface area contributed by atoms with Crippen LogP contribution >= 0.6 is 23.2 Å². The molecular formula is C15H13Cl2F2N. The average molecular weight is 316 g/mol. The van der Waals surface area contributed by atoms with Gasteiger partial charge in [-0.25, -0.2) is 8.78 Å². The van der Waals surface area contributed by atoms with E-state index in [1.165, 1.54) is 6.07 Å². The zero-order chi connectivity index (χ0) is 14.7. The molecule has 0 spiro atoms. The Bertz CT molecular complexity index is 617. The van der Waals surface area contributed by atoms with Gasteiger partial charge >= 0.3 is 0 Å². The van der Waals surface area contributed by atoms with Gasteiger partial charge in [0, 0.05) is 18.2 Å². The summed E-state index contributed by atoms with van der Waals surface area (Å²) in [6.07, 6.45) is 0. The Balaban J connectivity index is 2.06. The van der Waals surface area contributed by atoms with Crippen molar-refractivity contribution in [2.75, 3.05) is 0 Å². The molecule has 1 nitrogen and oxygen atoms in total. The molecule has 0 fully saturated rings. The molecule has 2 rings (SSSR count). The first-order chi connectivity index (χ1) is 9.49. The normalized spacial score (nSPS) is 12.4. The minimum atomic E-state index is -0.841. The molecule has 0 amide bonds. The van der Waals surface area contributed by atoms with Gasteiger partial charge in [0.25, 0.3) is 0 Å². The van der Waals surface area contributed by atoms with Gasteiger partial charge in [0.1, 0.15) is 0 Å². The summed E-state index contributed by atoms with van der Waals surface area (Å²) in [6, 6.07) is 9.37. The predicted octanol–water partition coefficient (Wildman–Crippen LogP) is 5.12. The van der Waals surface area contributed by atoms with E-state index in [-0.39, 0.29) is 18.2 Å². The fourth-order valence-electron chi connectivity index (χ4n) is 1.85. The zero-order valence-electron chi connectivity index (χ0n) is 10.8. The van der Waals surface area contributed by atoms with Crippen molar-refractivity contribution in [3.8, 4) is 0 Å². The molecular weight excluding hydrogens is 303 g/mol. The number of rotatable bonds is 4. The summed E-state index contributed by atoms with van der Waals surface area (Å²) in [5, 5.41) is 4.07. The molecule has 0 aliphatic heterocycles. The standard InChI is InChI=1S/C15H13Cl2F2N/c1-9(10-5-6-12(16)13(17)7-10)20-8-11-3-2-4-14(18)15(11)19/h2-7,9,20H,8H2,1H3. The van der Waals surface area contributed by atoms with E-state index in [4.69, 9.17) is 23.2 Å². The number of halogens is 4. The van der Waals surface area contributed by atoms with Crippen molar-refractivity contribution in [2.24, 2.45) is 0 Å². The third kappa shape index (κ3) is 3.48. The second-order valence-electron chi connectivity index (χ2n) is 4.49. The smallest absolute Gasteiger partial charge is 0.163 e. The van der Waals surface area contributed by atoms with Crippen LogP contribution in [0.15, 0.2) is 36.4 Å². The first-order valence-corrected chi connectivity index (χ1v) is 6.86. The van der Waals surface area contributed by atoms with Crippen molar-refractivity contribution < 1.29 is 8.78 Å². The van der Waals surface area contributed by atoms with Crippen LogP contribution in [0.4, 0.5) is 8.78 Å². The fourth-order valence-corrected chi connectivity index (χ4v) is 2.15. The molecule has 0 aliphatic carbocycles. The molecule has 5 heteroatoms. The van der Waals surface area contributed by atoms with E-state index in [2.05, 4.69) is 5.32 Å². The van der Waals surface area contributed by atoms with Gasteiger partial charge < -0.3 is 5.32 Å². The Morgan fingerprint density at radius 2 is 1.85 bits per heavy atom. The molecule has 0 aliphatic rings. The lowest BCUT2D eigenvalue weighted by Gasteiger charge is -2.15. The van der Waals surface area contributed by atoms with Crippen LogP contribution in [0, 0.1) is 11.6 Å². The van der Waals surface area contributed by atoms with Gasteiger partial charge in [0.2, 0.25) is 0 Å². The molecule has 0 aromatic heterocycles. The van der Waals surface area contributed by atoms with E-state index in [0.717, 1.165) is 11.6 Å². The SMILES string of the molecule is CC(NCc1cccc(F)c1F)c1ccc(Cl)c(Cl)c1. The lowest BCUT2D eigenvalue weighted by atomic mass is 10.1. The Hall–Kier alpha value is -1.16. The molecule has 1 unspecified atom stereocenters. The lowest BCUT2D eigenvalue weighted by molar-refractivity contribution is 0.484. The topological polar surface area (TPSA) is 12.0 Å². The van der Waals surface area contributed by atoms with Gasteiger partial charge in [-0.3, -0.25) is 0 Å². The number of hydrogen-bond acceptors (Lipinski definition) is 1. The van der Waals surface area contributed by atoms with Crippen LogP contribution in [0.2, 0.25) is 10.0 Å². The summed E-state index contributed by atoms with van der Waals surface area (Å²) in [4.78, 5) is 0. The van der Waals surface area contributed by atoms with Gasteiger partial charge in [-0.05, 0) is 30.7 Å². The predicted molar refractivity (Wildman–Crippen MR) is 78.1 cm³/mol. The molecule has 0 bridgehead atoms. The maximum Gasteiger partial charge on any atom is 0.163 e. The highest BCUT2D eigenvalue weighted by Gasteiger charge is 2.11. The average Bonchev–Trinajstić information content (AvgIpc) is 2.43. The van der Waals surface area contributed by atoms with Crippen LogP contribution in [0.3, 0.4) is 0 Å². The molecule has 1 atom stereocenters. The third-order valence-electron chi connectivity index (χ3n) is 3.07. The van der Waals surface area contributed by atoms with Crippen LogP contribution in [-0.4, -0.2) is 0 Å². The van der Waals surface area contributed by atoms with E-state index in [9.17, 15) is 8.78 Å². The summed E-state index contributed by atoms with van der Waals surface area (Å²) in [5.41, 5.74) is 1.22. The molecule has 0 saturated heterocycles. The molecule has 0 heterocycles. The summed E-state index contributed by atoms with van der Waals surface area (Å²) < 4.78 is 26.6. The first kappa shape index (κ1) is 15.2. The van der Waals surface area contributed by atoms with Crippen molar-refractivity contribution in [2.45, 2.75) is 19.5 Å². The minimum Gasteiger partial charge on any atom is -0.306 e. The van der Waals surface area contributed by atoms with E-state index >= 15 is 0 Å². The van der Waals surface area contributed by atoms with Crippen LogP contribution in [0.5, 0.6) is 0 Å². The van der Waals surface area contributed by atoms with E-state index in [1.54, 1.807) is 18.2 Å². The van der Waals surface area contributed by atoms with Gasteiger partial charge in [0.15, 0.2) is 11.6 Å². The van der Waals surface area contributed by atoms with Crippen LogP contribution in [0.25, 0.3) is 0 Å². The highest BCUT2D eigenvalue weighted by molar-refractivity contribution is 6.42. The van der Waals surface area contributed by atoms with Crippen LogP contribution in [-0.2, 0) is 6.54 Å². The molecule has 1 N–H and O–H groups in total. The summed E-state index contributed by atoms with van der Waals surface area (Å²) in [5.74, 6) is -1.66. The van der Waals surface area contributed by atoms with E-state index < -0.39 is 11.6 Å². The van der Waals surface area contributed by atoms with Crippen molar-refractivity contribution in [3.05, 3.63) is 69.2 Å². The number of nitrogens with one attached hydrogen (secondary N) is 1. The maximum absolute atomic E-state index is 13.5. The Morgan fingerprint density at radius 3 is 2.55 bits per heavy atom. The lowest BCUT2D eigenvalue weighted by Crippen LogP contribution is -2.19. The van der Waals surface area contributed by atoms with Crippen molar-refractivity contribution in [3.63, 3.8) is 0 Å². The van der Waals surface area contributed by atoms with Crippen molar-refractivity contribution in [1.29, 1.82) is 0 Å². The van der Waals surface area contributed by atoms with Crippen LogP contribution < -0.4 is 5.32 Å². The third-order valence-corrected chi connectivity index (χ3v) is 3.81. The monoisotopic (exact) mass is 315 g/mol. The van der Waals surface area contributed by atoms with Crippen molar-refractivity contribution >= 4 is 23.2 Å². The summed E-state index contributed by atoms with van der Waals surface area (Å²) in [7, 11) is 0. The Morgan fingerprint density at radius 1 is 1.10 bits per heavy atom. The van der Waals surface area contributed by atoms with E-state index in [0.29, 0.717) is 10.0 Å². The van der Waals surface area contributed by atoms with E-state index in [1.807, 2.05) is 13.0 Å². The highest BCUT2D eigenvalue weighted by atomic mass is 35.5. The van der Waals surface area contributed by atoms with Crippen molar-refractivity contribution in [1.82, 2.24) is 5.32 Å². The quantitative estimate of drug-likeness (QED) is 0.825. The molecule has 0 radical (unpaired) electrons. The Kier molecular flexibility index (Phi) is 4.97. The Labute approximate surface area is 126 Å². The summed E-state index contributed by atoms with van der Waals surface area (Å²) >= 11 is 11.8. The maximum atomic E-state index is 13.5. The van der Waals surface area contributed by atoms with Gasteiger partial charge in [0.05, 0.1) is 10.0 Å². The molecule has 20 heavy (non-hydrogen) atoms. The molecule has 106 valence electrons. The second-order valence-corrected chi connectivity index (χ2v) is 5.30. The van der Waals surface area contributed by atoms with Gasteiger partial charge in [-0.15, -0.1) is 0 Å². The minimum absolute atomic E-state index is 0.0626. The number of hydrogen-bond donors (Lipinski definition) is 1. The second kappa shape index (κ2) is 6.53.